The zero-order valence-corrected chi connectivity index (χ0v) is 11.3. The molecule has 0 spiro atoms. The van der Waals surface area contributed by atoms with E-state index >= 15 is 0 Å². The van der Waals surface area contributed by atoms with Crippen molar-refractivity contribution < 1.29 is 4.79 Å². The first-order chi connectivity index (χ1) is 8.46. The van der Waals surface area contributed by atoms with E-state index in [2.05, 4.69) is 17.2 Å². The van der Waals surface area contributed by atoms with Gasteiger partial charge in [-0.15, -0.1) is 0 Å². The van der Waals surface area contributed by atoms with Crippen molar-refractivity contribution in [3.63, 3.8) is 0 Å². The minimum Gasteiger partial charge on any atom is -0.368 e. The Morgan fingerprint density at radius 1 is 1.61 bits per heavy atom. The van der Waals surface area contributed by atoms with Crippen molar-refractivity contribution in [2.45, 2.75) is 38.6 Å². The van der Waals surface area contributed by atoms with E-state index in [4.69, 9.17) is 5.73 Å². The number of carbonyl (C=O) groups is 1. The lowest BCUT2D eigenvalue weighted by molar-refractivity contribution is -0.122. The molecule has 0 radical (unpaired) electrons. The van der Waals surface area contributed by atoms with Gasteiger partial charge in [-0.1, -0.05) is 20.8 Å². The van der Waals surface area contributed by atoms with Crippen LogP contribution in [0.4, 0.5) is 0 Å². The van der Waals surface area contributed by atoms with Gasteiger partial charge in [0.25, 0.3) is 0 Å². The van der Waals surface area contributed by atoms with Crippen LogP contribution in [-0.4, -0.2) is 28.5 Å². The Labute approximate surface area is 108 Å². The van der Waals surface area contributed by atoms with Crippen LogP contribution < -0.4 is 11.1 Å². The zero-order valence-electron chi connectivity index (χ0n) is 11.3. The summed E-state index contributed by atoms with van der Waals surface area (Å²) in [5.41, 5.74) is 6.68. The molecular formula is C13H22N4O. The van der Waals surface area contributed by atoms with Gasteiger partial charge in [-0.3, -0.25) is 4.79 Å². The number of amides is 1. The van der Waals surface area contributed by atoms with Crippen molar-refractivity contribution in [3.05, 3.63) is 18.2 Å². The van der Waals surface area contributed by atoms with Crippen molar-refractivity contribution in [2.24, 2.45) is 11.7 Å². The first kappa shape index (κ1) is 13.1. The topological polar surface area (TPSA) is 72.9 Å². The molecular weight excluding hydrogens is 228 g/mol. The maximum Gasteiger partial charge on any atom is 0.240 e. The molecule has 1 aliphatic heterocycles. The number of carbonyl (C=O) groups excluding carboxylic acids is 1. The van der Waals surface area contributed by atoms with Gasteiger partial charge in [-0.2, -0.15) is 0 Å². The molecule has 0 saturated carbocycles. The molecule has 2 heterocycles. The summed E-state index contributed by atoms with van der Waals surface area (Å²) >= 11 is 0. The van der Waals surface area contributed by atoms with Crippen molar-refractivity contribution in [1.82, 2.24) is 14.9 Å². The number of primary amides is 1. The quantitative estimate of drug-likeness (QED) is 0.831. The molecule has 100 valence electrons. The molecule has 1 amide bonds. The lowest BCUT2D eigenvalue weighted by atomic mass is 9.85. The molecule has 18 heavy (non-hydrogen) atoms. The van der Waals surface area contributed by atoms with Gasteiger partial charge >= 0.3 is 0 Å². The summed E-state index contributed by atoms with van der Waals surface area (Å²) in [4.78, 5) is 15.9. The second kappa shape index (κ2) is 4.72. The number of hydrogen-bond donors (Lipinski definition) is 2. The molecule has 0 aliphatic carbocycles. The molecule has 1 saturated heterocycles. The second-order valence-electron chi connectivity index (χ2n) is 5.76. The fraction of sp³-hybridized carbons (Fsp3) is 0.692. The van der Waals surface area contributed by atoms with Crippen LogP contribution in [0, 0.1) is 5.92 Å². The lowest BCUT2D eigenvalue weighted by Crippen LogP contribution is -2.35. The predicted octanol–water partition coefficient (Wildman–Crippen LogP) is 0.816. The van der Waals surface area contributed by atoms with Gasteiger partial charge < -0.3 is 15.6 Å². The normalized spacial score (nSPS) is 25.6. The zero-order chi connectivity index (χ0) is 13.3. The van der Waals surface area contributed by atoms with Crippen LogP contribution in [0.15, 0.2) is 12.5 Å². The van der Waals surface area contributed by atoms with E-state index in [1.807, 2.05) is 24.6 Å². The van der Waals surface area contributed by atoms with Gasteiger partial charge in [-0.25, -0.2) is 4.98 Å². The Kier molecular flexibility index (Phi) is 3.43. The number of nitrogens with zero attached hydrogens (tertiary/aromatic N) is 2. The molecule has 2 atom stereocenters. The van der Waals surface area contributed by atoms with E-state index in [0.29, 0.717) is 0 Å². The van der Waals surface area contributed by atoms with E-state index in [0.717, 1.165) is 25.2 Å². The minimum atomic E-state index is -0.320. The van der Waals surface area contributed by atoms with Crippen LogP contribution in [0.5, 0.6) is 0 Å². The predicted molar refractivity (Wildman–Crippen MR) is 70.1 cm³/mol. The molecule has 3 N–H and O–H groups in total. The summed E-state index contributed by atoms with van der Waals surface area (Å²) in [6, 6.07) is -0.320. The van der Waals surface area contributed by atoms with Gasteiger partial charge in [-0.05, 0) is 18.9 Å². The Balaban J connectivity index is 2.40. The third-order valence-electron chi connectivity index (χ3n) is 3.88. The molecule has 1 aromatic rings. The third kappa shape index (κ3) is 2.14. The minimum absolute atomic E-state index is 0.0408. The SMILES string of the molecule is CC(C)C(C(N)=O)n1cncc1C1(C)CCNC1. The van der Waals surface area contributed by atoms with Gasteiger partial charge in [0.1, 0.15) is 6.04 Å². The molecule has 5 nitrogen and oxygen atoms in total. The van der Waals surface area contributed by atoms with E-state index in [1.165, 1.54) is 0 Å². The number of hydrogen-bond acceptors (Lipinski definition) is 3. The largest absolute Gasteiger partial charge is 0.368 e. The van der Waals surface area contributed by atoms with Gasteiger partial charge in [0, 0.05) is 23.9 Å². The molecule has 0 aromatic carbocycles. The highest BCUT2D eigenvalue weighted by Gasteiger charge is 2.36. The Morgan fingerprint density at radius 3 is 2.83 bits per heavy atom. The molecule has 1 fully saturated rings. The van der Waals surface area contributed by atoms with Crippen molar-refractivity contribution in [1.29, 1.82) is 0 Å². The lowest BCUT2D eigenvalue weighted by Gasteiger charge is -2.29. The number of rotatable bonds is 4. The van der Waals surface area contributed by atoms with Crippen LogP contribution in [0.3, 0.4) is 0 Å². The van der Waals surface area contributed by atoms with E-state index in [1.54, 1.807) is 6.33 Å². The van der Waals surface area contributed by atoms with Gasteiger partial charge in [0.05, 0.1) is 6.33 Å². The van der Waals surface area contributed by atoms with Crippen LogP contribution in [0.25, 0.3) is 0 Å². The van der Waals surface area contributed by atoms with Crippen LogP contribution in [0.2, 0.25) is 0 Å². The van der Waals surface area contributed by atoms with E-state index in [-0.39, 0.29) is 23.3 Å². The molecule has 0 bridgehead atoms. The number of aromatic nitrogens is 2. The highest BCUT2D eigenvalue weighted by molar-refractivity contribution is 5.78. The second-order valence-corrected chi connectivity index (χ2v) is 5.76. The van der Waals surface area contributed by atoms with Crippen LogP contribution >= 0.6 is 0 Å². The van der Waals surface area contributed by atoms with E-state index in [9.17, 15) is 4.79 Å². The van der Waals surface area contributed by atoms with Gasteiger partial charge in [0.2, 0.25) is 5.91 Å². The number of nitrogens with two attached hydrogens (primary N) is 1. The summed E-state index contributed by atoms with van der Waals surface area (Å²) < 4.78 is 1.96. The molecule has 1 aliphatic rings. The fourth-order valence-corrected chi connectivity index (χ4v) is 2.82. The van der Waals surface area contributed by atoms with Crippen LogP contribution in [0.1, 0.15) is 38.9 Å². The first-order valence-electron chi connectivity index (χ1n) is 6.48. The maximum absolute atomic E-state index is 11.7. The molecule has 5 heteroatoms. The number of imidazole rings is 1. The first-order valence-corrected chi connectivity index (χ1v) is 6.48. The summed E-state index contributed by atoms with van der Waals surface area (Å²) in [5.74, 6) is -0.132. The smallest absolute Gasteiger partial charge is 0.240 e. The number of nitrogens with one attached hydrogen (secondary N) is 1. The Morgan fingerprint density at radius 2 is 2.33 bits per heavy atom. The Hall–Kier alpha value is -1.36. The molecule has 2 unspecified atom stereocenters. The maximum atomic E-state index is 11.7. The summed E-state index contributed by atoms with van der Waals surface area (Å²) in [6.45, 7) is 8.15. The van der Waals surface area contributed by atoms with Crippen molar-refractivity contribution >= 4 is 5.91 Å². The average molecular weight is 250 g/mol. The van der Waals surface area contributed by atoms with E-state index < -0.39 is 0 Å². The summed E-state index contributed by atoms with van der Waals surface area (Å²) in [7, 11) is 0. The van der Waals surface area contributed by atoms with Gasteiger partial charge in [0.15, 0.2) is 0 Å². The standard InChI is InChI=1S/C13H22N4O/c1-9(2)11(12(14)18)17-8-16-6-10(17)13(3)4-5-15-7-13/h6,8-9,11,15H,4-5,7H2,1-3H3,(H2,14,18). The highest BCUT2D eigenvalue weighted by Crippen LogP contribution is 2.32. The molecule has 1 aromatic heterocycles. The highest BCUT2D eigenvalue weighted by atomic mass is 16.1. The molecule has 2 rings (SSSR count). The summed E-state index contributed by atoms with van der Waals surface area (Å²) in [5, 5.41) is 3.37. The average Bonchev–Trinajstić information content (AvgIpc) is 2.86. The van der Waals surface area contributed by atoms with Crippen molar-refractivity contribution in [2.75, 3.05) is 13.1 Å². The van der Waals surface area contributed by atoms with Crippen molar-refractivity contribution in [3.8, 4) is 0 Å². The third-order valence-corrected chi connectivity index (χ3v) is 3.88. The van der Waals surface area contributed by atoms with Crippen LogP contribution in [-0.2, 0) is 10.2 Å². The monoisotopic (exact) mass is 250 g/mol. The fourth-order valence-electron chi connectivity index (χ4n) is 2.82. The summed E-state index contributed by atoms with van der Waals surface area (Å²) in [6.07, 6.45) is 4.65. The Bertz CT molecular complexity index is 432.